The summed E-state index contributed by atoms with van der Waals surface area (Å²) in [7, 11) is 1.83. The van der Waals surface area contributed by atoms with Gasteiger partial charge in [0.15, 0.2) is 5.96 Å². The van der Waals surface area contributed by atoms with Gasteiger partial charge >= 0.3 is 0 Å². The maximum Gasteiger partial charge on any atom is 0.191 e. The van der Waals surface area contributed by atoms with Crippen molar-refractivity contribution in [3.63, 3.8) is 0 Å². The van der Waals surface area contributed by atoms with E-state index in [2.05, 4.69) is 57.1 Å². The molecule has 7 nitrogen and oxygen atoms in total. The topological polar surface area (TPSA) is 83.7 Å². The van der Waals surface area contributed by atoms with Gasteiger partial charge in [-0.05, 0) is 30.5 Å². The van der Waals surface area contributed by atoms with Crippen LogP contribution in [0.15, 0.2) is 72.0 Å². The van der Waals surface area contributed by atoms with Gasteiger partial charge in [0, 0.05) is 25.4 Å². The summed E-state index contributed by atoms with van der Waals surface area (Å²) < 4.78 is 7.48. The average Bonchev–Trinajstić information content (AvgIpc) is 3.25. The van der Waals surface area contributed by atoms with E-state index in [0.29, 0.717) is 32.3 Å². The summed E-state index contributed by atoms with van der Waals surface area (Å²) in [6.07, 6.45) is 3.49. The van der Waals surface area contributed by atoms with Crippen LogP contribution in [0.2, 0.25) is 0 Å². The van der Waals surface area contributed by atoms with Crippen molar-refractivity contribution in [3.05, 3.63) is 89.2 Å². The van der Waals surface area contributed by atoms with Crippen molar-refractivity contribution in [3.8, 4) is 0 Å². The van der Waals surface area contributed by atoms with Crippen LogP contribution in [0.5, 0.6) is 0 Å². The summed E-state index contributed by atoms with van der Waals surface area (Å²) in [5.74, 6) is 0.659. The predicted molar refractivity (Wildman–Crippen MR) is 142 cm³/mol. The maximum absolute atomic E-state index is 10.8. The quantitative estimate of drug-likeness (QED) is 0.199. The first-order chi connectivity index (χ1) is 15.5. The first-order valence-corrected chi connectivity index (χ1v) is 10.9. The van der Waals surface area contributed by atoms with Gasteiger partial charge in [-0.15, -0.1) is 24.0 Å². The number of hydrogen-bond donors (Lipinski definition) is 3. The van der Waals surface area contributed by atoms with Gasteiger partial charge in [0.2, 0.25) is 0 Å². The minimum Gasteiger partial charge on any atom is -0.383 e. The highest BCUT2D eigenvalue weighted by atomic mass is 127. The molecular formula is C25H34IN5O2. The molecule has 0 aliphatic heterocycles. The van der Waals surface area contributed by atoms with Gasteiger partial charge in [0.1, 0.15) is 5.60 Å². The standard InChI is InChI=1S/C25H33N5O2.HI/c1-4-26-24(28-19-25(2,31)23-15-29-30(3)16-23)27-14-20-10-12-22(13-11-20)18-32-17-21-8-6-5-7-9-21;/h5-13,15-16,31H,4,14,17-19H2,1-3H3,(H2,26,27,28);1H. The van der Waals surface area contributed by atoms with Crippen molar-refractivity contribution in [2.45, 2.75) is 39.2 Å². The van der Waals surface area contributed by atoms with E-state index in [1.165, 1.54) is 5.56 Å². The molecule has 1 heterocycles. The molecule has 0 spiro atoms. The Hall–Kier alpha value is -2.43. The molecule has 8 heteroatoms. The summed E-state index contributed by atoms with van der Waals surface area (Å²) in [6, 6.07) is 18.5. The van der Waals surface area contributed by atoms with E-state index < -0.39 is 5.60 Å². The lowest BCUT2D eigenvalue weighted by atomic mass is 10.00. The number of nitrogens with one attached hydrogen (secondary N) is 2. The van der Waals surface area contributed by atoms with Crippen LogP contribution in [0, 0.1) is 0 Å². The number of benzene rings is 2. The summed E-state index contributed by atoms with van der Waals surface area (Å²) in [5.41, 5.74) is 3.11. The molecule has 1 atom stereocenters. The Labute approximate surface area is 213 Å². The number of aromatic nitrogens is 2. The number of halogens is 1. The van der Waals surface area contributed by atoms with E-state index in [0.717, 1.165) is 23.2 Å². The van der Waals surface area contributed by atoms with Gasteiger partial charge in [-0.1, -0.05) is 54.6 Å². The van der Waals surface area contributed by atoms with Crippen molar-refractivity contribution < 1.29 is 9.84 Å². The lowest BCUT2D eigenvalue weighted by molar-refractivity contribution is 0.0616. The van der Waals surface area contributed by atoms with Crippen molar-refractivity contribution in [1.82, 2.24) is 20.4 Å². The van der Waals surface area contributed by atoms with Crippen molar-refractivity contribution in [1.29, 1.82) is 0 Å². The lowest BCUT2D eigenvalue weighted by Crippen LogP contribution is -2.44. The number of rotatable bonds is 10. The zero-order chi connectivity index (χ0) is 22.8. The Balaban J connectivity index is 0.00000385. The second kappa shape index (κ2) is 13.3. The van der Waals surface area contributed by atoms with Crippen molar-refractivity contribution >= 4 is 29.9 Å². The molecule has 2 aromatic carbocycles. The van der Waals surface area contributed by atoms with Crippen LogP contribution in [-0.4, -0.2) is 33.9 Å². The van der Waals surface area contributed by atoms with Crippen LogP contribution >= 0.6 is 24.0 Å². The third-order valence-electron chi connectivity index (χ3n) is 5.09. The summed E-state index contributed by atoms with van der Waals surface area (Å²) >= 11 is 0. The van der Waals surface area contributed by atoms with E-state index in [4.69, 9.17) is 4.74 Å². The van der Waals surface area contributed by atoms with Crippen LogP contribution in [-0.2, 0) is 37.1 Å². The fraction of sp³-hybridized carbons (Fsp3) is 0.360. The van der Waals surface area contributed by atoms with Gasteiger partial charge in [0.05, 0.1) is 32.5 Å². The molecule has 0 saturated carbocycles. The Bertz CT molecular complexity index is 988. The SMILES string of the molecule is CCNC(=NCc1ccc(COCc2ccccc2)cc1)NCC(C)(O)c1cnn(C)c1.I. The van der Waals surface area contributed by atoms with E-state index in [1.807, 2.05) is 38.4 Å². The van der Waals surface area contributed by atoms with Gasteiger partial charge in [-0.2, -0.15) is 5.10 Å². The number of ether oxygens (including phenoxy) is 1. The Morgan fingerprint density at radius 3 is 2.27 bits per heavy atom. The van der Waals surface area contributed by atoms with Crippen LogP contribution in [0.4, 0.5) is 0 Å². The third-order valence-corrected chi connectivity index (χ3v) is 5.09. The molecule has 0 fully saturated rings. The molecule has 0 bridgehead atoms. The van der Waals surface area contributed by atoms with Crippen LogP contribution in [0.25, 0.3) is 0 Å². The molecule has 1 unspecified atom stereocenters. The number of aryl methyl sites for hydroxylation is 1. The number of aliphatic hydroxyl groups is 1. The van der Waals surface area contributed by atoms with Gasteiger partial charge in [-0.3, -0.25) is 4.68 Å². The summed E-state index contributed by atoms with van der Waals surface area (Å²) in [5, 5.41) is 21.4. The monoisotopic (exact) mass is 563 g/mol. The molecule has 3 rings (SSSR count). The number of hydrogen-bond acceptors (Lipinski definition) is 4. The zero-order valence-electron chi connectivity index (χ0n) is 19.5. The van der Waals surface area contributed by atoms with Crippen LogP contribution < -0.4 is 10.6 Å². The molecular weight excluding hydrogens is 529 g/mol. The van der Waals surface area contributed by atoms with Gasteiger partial charge in [-0.25, -0.2) is 4.99 Å². The molecule has 0 saturated heterocycles. The second-order valence-corrected chi connectivity index (χ2v) is 8.02. The Kier molecular flexibility index (Phi) is 10.8. The fourth-order valence-electron chi connectivity index (χ4n) is 3.17. The molecule has 3 aromatic rings. The molecule has 0 aliphatic carbocycles. The highest BCUT2D eigenvalue weighted by Crippen LogP contribution is 2.18. The Morgan fingerprint density at radius 2 is 1.67 bits per heavy atom. The third kappa shape index (κ3) is 8.79. The van der Waals surface area contributed by atoms with Crippen LogP contribution in [0.3, 0.4) is 0 Å². The fourth-order valence-corrected chi connectivity index (χ4v) is 3.17. The van der Waals surface area contributed by atoms with Crippen molar-refractivity contribution in [2.24, 2.45) is 12.0 Å². The molecule has 0 aliphatic rings. The molecule has 0 radical (unpaired) electrons. The largest absolute Gasteiger partial charge is 0.383 e. The highest BCUT2D eigenvalue weighted by molar-refractivity contribution is 14.0. The highest BCUT2D eigenvalue weighted by Gasteiger charge is 2.24. The molecule has 3 N–H and O–H groups in total. The van der Waals surface area contributed by atoms with Crippen molar-refractivity contribution in [2.75, 3.05) is 13.1 Å². The summed E-state index contributed by atoms with van der Waals surface area (Å²) in [4.78, 5) is 4.65. The first-order valence-electron chi connectivity index (χ1n) is 10.9. The molecule has 0 amide bonds. The van der Waals surface area contributed by atoms with E-state index >= 15 is 0 Å². The minimum absolute atomic E-state index is 0. The predicted octanol–water partition coefficient (Wildman–Crippen LogP) is 3.72. The van der Waals surface area contributed by atoms with Crippen LogP contribution in [0.1, 0.15) is 36.1 Å². The van der Waals surface area contributed by atoms with Gasteiger partial charge < -0.3 is 20.5 Å². The normalized spacial score (nSPS) is 13.2. The zero-order valence-corrected chi connectivity index (χ0v) is 21.8. The average molecular weight is 563 g/mol. The number of guanidine groups is 1. The smallest absolute Gasteiger partial charge is 0.191 e. The summed E-state index contributed by atoms with van der Waals surface area (Å²) in [6.45, 7) is 6.55. The maximum atomic E-state index is 10.8. The van der Waals surface area contributed by atoms with Gasteiger partial charge in [0.25, 0.3) is 0 Å². The number of aliphatic imine (C=N–C) groups is 1. The Morgan fingerprint density at radius 1 is 1.03 bits per heavy atom. The molecule has 1 aromatic heterocycles. The lowest BCUT2D eigenvalue weighted by Gasteiger charge is -2.23. The minimum atomic E-state index is -1.05. The van der Waals surface area contributed by atoms with E-state index in [1.54, 1.807) is 17.8 Å². The molecule has 33 heavy (non-hydrogen) atoms. The molecule has 178 valence electrons. The number of nitrogens with zero attached hydrogens (tertiary/aromatic N) is 3. The second-order valence-electron chi connectivity index (χ2n) is 8.02. The van der Waals surface area contributed by atoms with E-state index in [9.17, 15) is 5.11 Å². The van der Waals surface area contributed by atoms with E-state index in [-0.39, 0.29) is 24.0 Å². The first kappa shape index (κ1) is 26.8.